The van der Waals surface area contributed by atoms with E-state index in [0.29, 0.717) is 19.4 Å². The van der Waals surface area contributed by atoms with E-state index in [2.05, 4.69) is 49.7 Å². The number of para-hydroxylation sites is 1. The van der Waals surface area contributed by atoms with Crippen LogP contribution in [0.25, 0.3) is 10.9 Å². The van der Waals surface area contributed by atoms with Crippen LogP contribution in [0.5, 0.6) is 0 Å². The first-order chi connectivity index (χ1) is 22.0. The number of fused-ring (bicyclic) bond motifs is 2. The van der Waals surface area contributed by atoms with Gasteiger partial charge in [0.15, 0.2) is 5.78 Å². The third kappa shape index (κ3) is 14.4. The molecule has 2 aromatic rings. The molecular weight excluding hydrogens is 590 g/mol. The Bertz CT molecular complexity index is 1200. The van der Waals surface area contributed by atoms with Crippen LogP contribution in [0.15, 0.2) is 30.5 Å². The zero-order chi connectivity index (χ0) is 34.5. The molecule has 12 nitrogen and oxygen atoms in total. The molecule has 2 fully saturated rings. The Morgan fingerprint density at radius 3 is 2.17 bits per heavy atom. The second-order valence-corrected chi connectivity index (χ2v) is 11.3. The number of Topliss-reactive ketones (excluding diaryl/α,β-unsaturated/α-hetero) is 1. The lowest BCUT2D eigenvalue weighted by molar-refractivity contribution is -0.143. The molecule has 4 rings (SSSR count). The van der Waals surface area contributed by atoms with Crippen LogP contribution in [0.3, 0.4) is 0 Å². The molecule has 2 aliphatic rings. The number of unbranched alkanes of at least 4 members (excludes halogenated alkanes) is 3. The summed E-state index contributed by atoms with van der Waals surface area (Å²) in [5.41, 5.74) is 2.37. The maximum atomic E-state index is 12.1. The number of hydrogen-bond donors (Lipinski definition) is 4. The van der Waals surface area contributed by atoms with Gasteiger partial charge in [-0.15, -0.1) is 0 Å². The number of aliphatic hydroxyl groups is 1. The molecule has 12 heteroatoms. The van der Waals surface area contributed by atoms with Crippen molar-refractivity contribution in [1.29, 1.82) is 0 Å². The fourth-order valence-corrected chi connectivity index (χ4v) is 4.59. The lowest BCUT2D eigenvalue weighted by Crippen LogP contribution is -2.56. The molecule has 4 amide bonds. The van der Waals surface area contributed by atoms with Crippen LogP contribution in [-0.2, 0) is 24.0 Å². The van der Waals surface area contributed by atoms with Gasteiger partial charge in [0.25, 0.3) is 0 Å². The highest BCUT2D eigenvalue weighted by atomic mass is 16.6. The Morgan fingerprint density at radius 2 is 1.57 bits per heavy atom. The third-order valence-electron chi connectivity index (χ3n) is 7.50. The topological polar surface area (TPSA) is 159 Å². The number of benzene rings is 1. The third-order valence-corrected chi connectivity index (χ3v) is 7.50. The molecule has 258 valence electrons. The van der Waals surface area contributed by atoms with Crippen molar-refractivity contribution in [2.24, 2.45) is 0 Å². The second kappa shape index (κ2) is 22.6. The Kier molecular flexibility index (Phi) is 19.7. The molecule has 2 aliphatic heterocycles. The van der Waals surface area contributed by atoms with Gasteiger partial charge in [-0.05, 0) is 51.2 Å². The Hall–Kier alpha value is -3.93. The van der Waals surface area contributed by atoms with Crippen LogP contribution in [0.4, 0.5) is 0 Å². The molecule has 2 saturated heterocycles. The van der Waals surface area contributed by atoms with Crippen LogP contribution in [0, 0.1) is 6.92 Å². The van der Waals surface area contributed by atoms with Crippen LogP contribution in [0.2, 0.25) is 0 Å². The highest BCUT2D eigenvalue weighted by Gasteiger charge is 2.32. The number of hydrogen-bond acceptors (Lipinski definition) is 7. The Morgan fingerprint density at radius 1 is 0.935 bits per heavy atom. The van der Waals surface area contributed by atoms with Gasteiger partial charge in [0.05, 0.1) is 25.2 Å². The van der Waals surface area contributed by atoms with Crippen LogP contribution in [-0.4, -0.2) is 89.6 Å². The van der Waals surface area contributed by atoms with E-state index in [9.17, 15) is 24.0 Å². The highest BCUT2D eigenvalue weighted by Crippen LogP contribution is 2.19. The summed E-state index contributed by atoms with van der Waals surface area (Å²) in [6.45, 7) is 10.0. The first-order valence-electron chi connectivity index (χ1n) is 16.4. The summed E-state index contributed by atoms with van der Waals surface area (Å²) in [4.78, 5) is 64.4. The second-order valence-electron chi connectivity index (χ2n) is 11.3. The predicted octanol–water partition coefficient (Wildman–Crippen LogP) is 3.06. The zero-order valence-corrected chi connectivity index (χ0v) is 28.5. The smallest absolute Gasteiger partial charge is 0.243 e. The van der Waals surface area contributed by atoms with Gasteiger partial charge in [0.1, 0.15) is 19.3 Å². The van der Waals surface area contributed by atoms with Gasteiger partial charge >= 0.3 is 0 Å². The first-order valence-corrected chi connectivity index (χ1v) is 16.4. The number of piperidine rings is 1. The minimum atomic E-state index is -0.767. The number of ketones is 1. The van der Waals surface area contributed by atoms with Crippen LogP contribution in [0.1, 0.15) is 91.0 Å². The molecule has 0 spiro atoms. The lowest BCUT2D eigenvalue weighted by Gasteiger charge is -2.35. The average Bonchev–Trinajstić information content (AvgIpc) is 3.40. The number of nitrogens with one attached hydrogen (secondary N) is 3. The molecule has 0 radical (unpaired) electrons. The van der Waals surface area contributed by atoms with Crippen molar-refractivity contribution < 1.29 is 33.9 Å². The SMILES string of the molecule is CCCC.CCCCCC(=O)C(C)O.COn1cc(C)c2ccccc21.O=C1CNC(=O)CNC(=O)C2CCCCN2C(=O)CN1. The Balaban J connectivity index is 0.000000348. The lowest BCUT2D eigenvalue weighted by atomic mass is 10.0. The summed E-state index contributed by atoms with van der Waals surface area (Å²) in [6, 6.07) is 7.64. The first kappa shape index (κ1) is 40.1. The van der Waals surface area contributed by atoms with Crippen molar-refractivity contribution in [3.63, 3.8) is 0 Å². The zero-order valence-electron chi connectivity index (χ0n) is 28.5. The van der Waals surface area contributed by atoms with Crippen molar-refractivity contribution in [3.8, 4) is 0 Å². The predicted molar refractivity (Wildman–Crippen MR) is 179 cm³/mol. The van der Waals surface area contributed by atoms with Gasteiger partial charge in [0.2, 0.25) is 23.6 Å². The normalized spacial score (nSPS) is 17.4. The number of carbonyl (C=O) groups excluding carboxylic acids is 5. The largest absolute Gasteiger partial charge is 0.417 e. The molecular formula is C34H55N5O7. The fraction of sp³-hybridized carbons (Fsp3) is 0.618. The van der Waals surface area contributed by atoms with E-state index in [0.717, 1.165) is 37.6 Å². The van der Waals surface area contributed by atoms with Crippen molar-refractivity contribution >= 4 is 40.3 Å². The van der Waals surface area contributed by atoms with Crippen molar-refractivity contribution in [2.75, 3.05) is 33.3 Å². The summed E-state index contributed by atoms with van der Waals surface area (Å²) >= 11 is 0. The summed E-state index contributed by atoms with van der Waals surface area (Å²) in [6.07, 6.45) is 9.79. The number of amides is 4. The maximum absolute atomic E-state index is 12.1. The van der Waals surface area contributed by atoms with E-state index in [4.69, 9.17) is 9.94 Å². The molecule has 4 N–H and O–H groups in total. The highest BCUT2D eigenvalue weighted by molar-refractivity contribution is 5.94. The molecule has 1 aromatic heterocycles. The number of aromatic nitrogens is 1. The van der Waals surface area contributed by atoms with E-state index in [1.165, 1.54) is 35.6 Å². The van der Waals surface area contributed by atoms with Gasteiger partial charge in [-0.2, -0.15) is 4.73 Å². The van der Waals surface area contributed by atoms with Gasteiger partial charge in [-0.25, -0.2) is 0 Å². The molecule has 0 aliphatic carbocycles. The van der Waals surface area contributed by atoms with Crippen molar-refractivity contribution in [3.05, 3.63) is 36.0 Å². The van der Waals surface area contributed by atoms with Crippen molar-refractivity contribution in [1.82, 2.24) is 25.6 Å². The van der Waals surface area contributed by atoms with Gasteiger partial charge < -0.3 is 30.8 Å². The Labute approximate surface area is 273 Å². The van der Waals surface area contributed by atoms with E-state index < -0.39 is 24.0 Å². The molecule has 1 aromatic carbocycles. The monoisotopic (exact) mass is 645 g/mol. The van der Waals surface area contributed by atoms with E-state index in [-0.39, 0.29) is 37.2 Å². The summed E-state index contributed by atoms with van der Waals surface area (Å²) in [5, 5.41) is 17.3. The van der Waals surface area contributed by atoms with Crippen LogP contribution < -0.4 is 20.8 Å². The van der Waals surface area contributed by atoms with E-state index >= 15 is 0 Å². The number of nitrogens with zero attached hydrogens (tertiary/aromatic N) is 2. The summed E-state index contributed by atoms with van der Waals surface area (Å²) < 4.78 is 1.78. The number of aliphatic hydroxyl groups excluding tert-OH is 1. The summed E-state index contributed by atoms with van der Waals surface area (Å²) in [7, 11) is 1.67. The number of carbonyl (C=O) groups is 5. The fourth-order valence-electron chi connectivity index (χ4n) is 4.59. The summed E-state index contributed by atoms with van der Waals surface area (Å²) in [5.74, 6) is -1.48. The maximum Gasteiger partial charge on any atom is 0.243 e. The molecule has 2 unspecified atom stereocenters. The molecule has 0 bridgehead atoms. The van der Waals surface area contributed by atoms with Gasteiger partial charge in [0, 0.05) is 24.5 Å². The minimum Gasteiger partial charge on any atom is -0.417 e. The van der Waals surface area contributed by atoms with E-state index in [1.54, 1.807) is 11.8 Å². The molecule has 2 atom stereocenters. The standard InChI is InChI=1S/C12H18N4O4.C10H11NO.C8H16O2.C4H10/c17-9-5-13-10(18)6-15-12(20)8-3-1-2-4-16(8)11(19)7-14-9;1-8-7-11(12-2)10-6-4-3-5-9(8)10;1-3-4-5-6-8(10)7(2)9;1-3-4-2/h8H,1-7H2,(H,13,18)(H,14,17)(H,15,20);3-7H,1-2H3;7,9H,3-6H2,1-2H3;3-4H2,1-2H3. The van der Waals surface area contributed by atoms with E-state index in [1.807, 2.05) is 24.4 Å². The average molecular weight is 646 g/mol. The molecule has 0 saturated carbocycles. The van der Waals surface area contributed by atoms with Crippen LogP contribution >= 0.6 is 0 Å². The minimum absolute atomic E-state index is 0.0338. The molecule has 46 heavy (non-hydrogen) atoms. The van der Waals surface area contributed by atoms with Crippen molar-refractivity contribution in [2.45, 2.75) is 105 Å². The van der Waals surface area contributed by atoms with Gasteiger partial charge in [-0.1, -0.05) is 64.7 Å². The quantitative estimate of drug-likeness (QED) is 0.337. The molecule has 3 heterocycles. The number of rotatable bonds is 7. The number of aryl methyl sites for hydroxylation is 1. The van der Waals surface area contributed by atoms with Gasteiger partial charge in [-0.3, -0.25) is 24.0 Å².